The Kier molecular flexibility index (Phi) is 3.60. The molecule has 1 saturated carbocycles. The zero-order chi connectivity index (χ0) is 8.27. The van der Waals surface area contributed by atoms with E-state index in [4.69, 9.17) is 0 Å². The van der Waals surface area contributed by atoms with Gasteiger partial charge in [-0.05, 0) is 0 Å². The van der Waals surface area contributed by atoms with Gasteiger partial charge in [0.25, 0.3) is 0 Å². The van der Waals surface area contributed by atoms with Gasteiger partial charge in [0, 0.05) is 0 Å². The molecule has 0 radical (unpaired) electrons. The molecule has 1 aliphatic rings. The van der Waals surface area contributed by atoms with Gasteiger partial charge in [0.1, 0.15) is 0 Å². The van der Waals surface area contributed by atoms with Crippen LogP contribution in [0, 0.1) is 5.92 Å². The second kappa shape index (κ2) is 4.27. The van der Waals surface area contributed by atoms with Crippen molar-refractivity contribution in [3.8, 4) is 0 Å². The van der Waals surface area contributed by atoms with Crippen molar-refractivity contribution in [1.82, 2.24) is 0 Å². The van der Waals surface area contributed by atoms with Crippen molar-refractivity contribution in [2.24, 2.45) is 5.92 Å². The molecule has 1 rings (SSSR count). The van der Waals surface area contributed by atoms with Crippen molar-refractivity contribution in [1.29, 1.82) is 0 Å². The summed E-state index contributed by atoms with van der Waals surface area (Å²) in [7, 11) is 0. The van der Waals surface area contributed by atoms with Gasteiger partial charge < -0.3 is 0 Å². The average molecular weight is 219 g/mol. The third-order valence-corrected chi connectivity index (χ3v) is 4.98. The van der Waals surface area contributed by atoms with E-state index in [1.807, 2.05) is 0 Å². The van der Waals surface area contributed by atoms with E-state index in [1.54, 1.807) is 6.92 Å². The van der Waals surface area contributed by atoms with E-state index in [-0.39, 0.29) is 0 Å². The Morgan fingerprint density at radius 1 is 1.36 bits per heavy atom. The summed E-state index contributed by atoms with van der Waals surface area (Å²) < 4.78 is 0. The van der Waals surface area contributed by atoms with Crippen LogP contribution in [0.15, 0.2) is 0 Å². The summed E-state index contributed by atoms with van der Waals surface area (Å²) in [5, 5.41) is 0. The van der Waals surface area contributed by atoms with Gasteiger partial charge in [0.2, 0.25) is 0 Å². The Balaban J connectivity index is 2.51. The van der Waals surface area contributed by atoms with E-state index >= 15 is 0 Å². The van der Waals surface area contributed by atoms with Crippen molar-refractivity contribution >= 4 is 20.7 Å². The quantitative estimate of drug-likeness (QED) is 0.651. The fraction of sp³-hybridized carbons (Fsp3) is 0.889. The minimum atomic E-state index is 0.425. The molecular formula is C9H16OSe. The molecule has 2 unspecified atom stereocenters. The molecule has 1 fully saturated rings. The number of rotatable bonds is 2. The van der Waals surface area contributed by atoms with Gasteiger partial charge in [0.15, 0.2) is 0 Å². The van der Waals surface area contributed by atoms with Crippen LogP contribution in [0.4, 0.5) is 0 Å². The monoisotopic (exact) mass is 220 g/mol. The van der Waals surface area contributed by atoms with E-state index < -0.39 is 0 Å². The van der Waals surface area contributed by atoms with E-state index in [0.29, 0.717) is 26.7 Å². The zero-order valence-electron chi connectivity index (χ0n) is 7.30. The van der Waals surface area contributed by atoms with Crippen molar-refractivity contribution < 1.29 is 4.79 Å². The molecule has 0 amide bonds. The first-order valence-electron chi connectivity index (χ1n) is 4.29. The summed E-state index contributed by atoms with van der Waals surface area (Å²) in [6.07, 6.45) is 5.09. The first-order valence-corrected chi connectivity index (χ1v) is 6.99. The first kappa shape index (κ1) is 9.28. The summed E-state index contributed by atoms with van der Waals surface area (Å²) in [5.41, 5.74) is 0. The first-order chi connectivity index (χ1) is 5.25. The molecule has 0 aromatic rings. The second-order valence-electron chi connectivity index (χ2n) is 3.28. The maximum atomic E-state index is 11.2. The molecule has 64 valence electrons. The van der Waals surface area contributed by atoms with Crippen LogP contribution in [0.3, 0.4) is 0 Å². The van der Waals surface area contributed by atoms with Crippen LogP contribution in [0.2, 0.25) is 10.6 Å². The third kappa shape index (κ3) is 2.31. The fourth-order valence-electron chi connectivity index (χ4n) is 1.84. The van der Waals surface area contributed by atoms with Gasteiger partial charge >= 0.3 is 74.7 Å². The molecule has 11 heavy (non-hydrogen) atoms. The Morgan fingerprint density at radius 3 is 2.45 bits per heavy atom. The van der Waals surface area contributed by atoms with Crippen molar-refractivity contribution in [3.05, 3.63) is 0 Å². The van der Waals surface area contributed by atoms with Crippen LogP contribution in [0.1, 0.15) is 32.6 Å². The van der Waals surface area contributed by atoms with Crippen LogP contribution in [-0.4, -0.2) is 20.7 Å². The van der Waals surface area contributed by atoms with Crippen LogP contribution in [-0.2, 0) is 4.79 Å². The van der Waals surface area contributed by atoms with E-state index in [1.165, 1.54) is 19.3 Å². The number of ketones is 1. The number of Topliss-reactive ketones (excluding diaryl/α,β-unsaturated/α-hetero) is 1. The normalized spacial score (nSPS) is 31.8. The number of hydrogen-bond donors (Lipinski definition) is 0. The summed E-state index contributed by atoms with van der Waals surface area (Å²) >= 11 is 0.677. The molecular weight excluding hydrogens is 203 g/mol. The SMILES string of the molecule is C[Se]C1CCCCC1C(C)=O. The molecule has 0 saturated heterocycles. The average Bonchev–Trinajstić information content (AvgIpc) is 2.04. The predicted octanol–water partition coefficient (Wildman–Crippen LogP) is 2.31. The van der Waals surface area contributed by atoms with Crippen molar-refractivity contribution in [2.75, 3.05) is 0 Å². The van der Waals surface area contributed by atoms with Crippen molar-refractivity contribution in [2.45, 2.75) is 43.2 Å². The number of carbonyl (C=O) groups excluding carboxylic acids is 1. The van der Waals surface area contributed by atoms with Crippen LogP contribution < -0.4 is 0 Å². The molecule has 0 spiro atoms. The Morgan fingerprint density at radius 2 is 2.00 bits per heavy atom. The molecule has 0 heterocycles. The van der Waals surface area contributed by atoms with Gasteiger partial charge in [0.05, 0.1) is 0 Å². The number of carbonyl (C=O) groups is 1. The van der Waals surface area contributed by atoms with Gasteiger partial charge in [-0.3, -0.25) is 0 Å². The van der Waals surface area contributed by atoms with Crippen LogP contribution in [0.5, 0.6) is 0 Å². The third-order valence-electron chi connectivity index (χ3n) is 2.53. The van der Waals surface area contributed by atoms with Gasteiger partial charge in [-0.15, -0.1) is 0 Å². The van der Waals surface area contributed by atoms with E-state index in [9.17, 15) is 4.79 Å². The second-order valence-corrected chi connectivity index (χ2v) is 5.54. The topological polar surface area (TPSA) is 17.1 Å². The molecule has 2 heteroatoms. The number of hydrogen-bond acceptors (Lipinski definition) is 1. The molecule has 0 N–H and O–H groups in total. The predicted molar refractivity (Wildman–Crippen MR) is 48.0 cm³/mol. The molecule has 0 aromatic heterocycles. The standard InChI is InChI=1S/C9H16OSe/c1-7(10)8-5-3-4-6-9(8)11-2/h8-9H,3-6H2,1-2H3. The van der Waals surface area contributed by atoms with Gasteiger partial charge in [-0.2, -0.15) is 0 Å². The van der Waals surface area contributed by atoms with E-state index in [0.717, 1.165) is 11.2 Å². The summed E-state index contributed by atoms with van der Waals surface area (Å²) in [4.78, 5) is 11.9. The van der Waals surface area contributed by atoms with Crippen LogP contribution in [0.25, 0.3) is 0 Å². The fourth-order valence-corrected chi connectivity index (χ4v) is 4.07. The Labute approximate surface area is 75.1 Å². The molecule has 0 bridgehead atoms. The Bertz CT molecular complexity index is 144. The van der Waals surface area contributed by atoms with Gasteiger partial charge in [-0.1, -0.05) is 0 Å². The molecule has 0 aliphatic heterocycles. The summed E-state index contributed by atoms with van der Waals surface area (Å²) in [6, 6.07) is 0. The van der Waals surface area contributed by atoms with E-state index in [2.05, 4.69) is 5.82 Å². The van der Waals surface area contributed by atoms with Crippen LogP contribution >= 0.6 is 0 Å². The summed E-state index contributed by atoms with van der Waals surface area (Å²) in [5.74, 6) is 3.12. The minimum absolute atomic E-state index is 0.425. The Hall–Kier alpha value is 0.189. The zero-order valence-corrected chi connectivity index (χ0v) is 9.01. The van der Waals surface area contributed by atoms with Gasteiger partial charge in [-0.25, -0.2) is 0 Å². The molecule has 0 aromatic carbocycles. The molecule has 1 nitrogen and oxygen atoms in total. The summed E-state index contributed by atoms with van der Waals surface area (Å²) in [6.45, 7) is 1.76. The maximum absolute atomic E-state index is 11.2. The van der Waals surface area contributed by atoms with Crippen molar-refractivity contribution in [3.63, 3.8) is 0 Å². The molecule has 2 atom stereocenters. The molecule has 1 aliphatic carbocycles.